The zero-order chi connectivity index (χ0) is 33.3. The molecule has 3 amide bonds. The second-order valence-electron chi connectivity index (χ2n) is 13.5. The van der Waals surface area contributed by atoms with Gasteiger partial charge in [0.1, 0.15) is 17.7 Å². The molecule has 3 rings (SSSR count). The van der Waals surface area contributed by atoms with E-state index >= 15 is 0 Å². The van der Waals surface area contributed by atoms with Gasteiger partial charge < -0.3 is 20.3 Å². The predicted octanol–water partition coefficient (Wildman–Crippen LogP) is 8.08. The van der Waals surface area contributed by atoms with Crippen molar-refractivity contribution in [3.8, 4) is 0 Å². The smallest absolute Gasteiger partial charge is 0.408 e. The monoisotopic (exact) mass is 613 g/mol. The Bertz CT molecular complexity index is 1420. The summed E-state index contributed by atoms with van der Waals surface area (Å²) in [6.07, 6.45) is 1.11. The van der Waals surface area contributed by atoms with E-state index in [-0.39, 0.29) is 24.3 Å². The number of nitrogens with zero attached hydrogens (tertiary/aromatic N) is 1. The molecular formula is C38H51N3O4. The molecule has 0 heterocycles. The van der Waals surface area contributed by atoms with Crippen molar-refractivity contribution in [2.24, 2.45) is 5.92 Å². The van der Waals surface area contributed by atoms with Crippen molar-refractivity contribution in [2.75, 3.05) is 5.32 Å². The fourth-order valence-corrected chi connectivity index (χ4v) is 5.47. The van der Waals surface area contributed by atoms with Gasteiger partial charge in [0, 0.05) is 18.2 Å². The fraction of sp³-hybridized carbons (Fsp3) is 0.447. The highest BCUT2D eigenvalue weighted by Gasteiger charge is 2.39. The molecule has 242 valence electrons. The van der Waals surface area contributed by atoms with Gasteiger partial charge in [-0.05, 0) is 89.5 Å². The van der Waals surface area contributed by atoms with Crippen LogP contribution in [0.15, 0.2) is 72.8 Å². The number of para-hydroxylation sites is 1. The summed E-state index contributed by atoms with van der Waals surface area (Å²) in [5.74, 6) is -0.243. The van der Waals surface area contributed by atoms with Gasteiger partial charge in [-0.1, -0.05) is 92.2 Å². The van der Waals surface area contributed by atoms with E-state index in [2.05, 4.69) is 24.5 Å². The molecule has 0 spiro atoms. The third kappa shape index (κ3) is 10.5. The van der Waals surface area contributed by atoms with Crippen LogP contribution in [0.25, 0.3) is 0 Å². The van der Waals surface area contributed by atoms with E-state index in [1.165, 1.54) is 0 Å². The molecule has 0 fully saturated rings. The average Bonchev–Trinajstić information content (AvgIpc) is 2.95. The van der Waals surface area contributed by atoms with Crippen molar-refractivity contribution in [3.63, 3.8) is 0 Å². The first-order valence-electron chi connectivity index (χ1n) is 16.0. The Morgan fingerprint density at radius 2 is 1.44 bits per heavy atom. The third-order valence-electron chi connectivity index (χ3n) is 7.78. The largest absolute Gasteiger partial charge is 0.444 e. The fourth-order valence-electron chi connectivity index (χ4n) is 5.47. The summed E-state index contributed by atoms with van der Waals surface area (Å²) < 4.78 is 5.59. The lowest BCUT2D eigenvalue weighted by Gasteiger charge is -2.39. The molecule has 3 aromatic carbocycles. The normalized spacial score (nSPS) is 13.5. The number of anilines is 1. The van der Waals surface area contributed by atoms with Gasteiger partial charge in [-0.2, -0.15) is 0 Å². The van der Waals surface area contributed by atoms with Crippen LogP contribution in [0, 0.1) is 26.7 Å². The van der Waals surface area contributed by atoms with Gasteiger partial charge in [0.2, 0.25) is 5.91 Å². The van der Waals surface area contributed by atoms with Crippen LogP contribution in [-0.4, -0.2) is 40.5 Å². The van der Waals surface area contributed by atoms with Gasteiger partial charge in [-0.3, -0.25) is 9.59 Å². The quantitative estimate of drug-likeness (QED) is 0.216. The first kappa shape index (κ1) is 35.4. The first-order chi connectivity index (χ1) is 21.2. The van der Waals surface area contributed by atoms with E-state index < -0.39 is 23.8 Å². The van der Waals surface area contributed by atoms with Crippen LogP contribution < -0.4 is 10.6 Å². The molecule has 0 bridgehead atoms. The molecule has 0 radical (unpaired) electrons. The summed E-state index contributed by atoms with van der Waals surface area (Å²) in [5.41, 5.74) is 4.43. The Balaban J connectivity index is 2.16. The maximum absolute atomic E-state index is 14.9. The molecule has 0 saturated carbocycles. The number of hydrogen-bond acceptors (Lipinski definition) is 4. The number of hydrogen-bond donors (Lipinski definition) is 2. The van der Waals surface area contributed by atoms with Gasteiger partial charge in [0.15, 0.2) is 0 Å². The zero-order valence-corrected chi connectivity index (χ0v) is 28.4. The number of alkyl carbamates (subject to hydrolysis) is 1. The maximum Gasteiger partial charge on any atom is 0.408 e. The molecule has 0 aliphatic heterocycles. The molecule has 0 aliphatic rings. The number of carbonyl (C=O) groups excluding carboxylic acids is 3. The minimum absolute atomic E-state index is 0.241. The number of rotatable bonds is 12. The van der Waals surface area contributed by atoms with Crippen molar-refractivity contribution in [2.45, 2.75) is 105 Å². The molecule has 7 heteroatoms. The van der Waals surface area contributed by atoms with E-state index in [1.54, 1.807) is 25.7 Å². The number of benzene rings is 3. The molecule has 45 heavy (non-hydrogen) atoms. The van der Waals surface area contributed by atoms with Gasteiger partial charge in [0.05, 0.1) is 0 Å². The van der Waals surface area contributed by atoms with Crippen molar-refractivity contribution in [3.05, 3.63) is 101 Å². The minimum Gasteiger partial charge on any atom is -0.444 e. The Labute approximate surface area is 269 Å². The van der Waals surface area contributed by atoms with Gasteiger partial charge in [0.25, 0.3) is 5.91 Å². The molecule has 0 saturated heterocycles. The topological polar surface area (TPSA) is 87.7 Å². The van der Waals surface area contributed by atoms with Crippen LogP contribution in [0.3, 0.4) is 0 Å². The molecule has 7 nitrogen and oxygen atoms in total. The number of ether oxygens (including phenoxy) is 1. The van der Waals surface area contributed by atoms with E-state index in [0.717, 1.165) is 34.4 Å². The van der Waals surface area contributed by atoms with Gasteiger partial charge in [-0.25, -0.2) is 4.79 Å². The molecular weight excluding hydrogens is 562 g/mol. The SMILES string of the molecule is Cc1cccc(C(C(=O)Nc2c(C)cccc2C)N(C(=O)C(Cc2ccccc2)NC(=O)OC(C)(C)C)C(C)CCC(C)C)c1. The Hall–Kier alpha value is -4.13. The second-order valence-corrected chi connectivity index (χ2v) is 13.5. The van der Waals surface area contributed by atoms with Crippen LogP contribution in [0.5, 0.6) is 0 Å². The molecule has 3 aromatic rings. The summed E-state index contributed by atoms with van der Waals surface area (Å²) in [7, 11) is 0. The van der Waals surface area contributed by atoms with E-state index in [0.29, 0.717) is 17.9 Å². The van der Waals surface area contributed by atoms with E-state index in [9.17, 15) is 14.4 Å². The van der Waals surface area contributed by atoms with Gasteiger partial charge in [-0.15, -0.1) is 0 Å². The maximum atomic E-state index is 14.9. The zero-order valence-electron chi connectivity index (χ0n) is 28.4. The van der Waals surface area contributed by atoms with Crippen LogP contribution in [0.2, 0.25) is 0 Å². The molecule has 0 aliphatic carbocycles. The summed E-state index contributed by atoms with van der Waals surface area (Å²) in [6, 6.07) is 20.9. The second kappa shape index (κ2) is 15.7. The lowest BCUT2D eigenvalue weighted by atomic mass is 9.95. The summed E-state index contributed by atoms with van der Waals surface area (Å²) in [6.45, 7) is 17.5. The summed E-state index contributed by atoms with van der Waals surface area (Å²) in [4.78, 5) is 44.2. The minimum atomic E-state index is -0.968. The van der Waals surface area contributed by atoms with Crippen LogP contribution in [0.4, 0.5) is 10.5 Å². The molecule has 2 N–H and O–H groups in total. The van der Waals surface area contributed by atoms with Crippen LogP contribution >= 0.6 is 0 Å². The van der Waals surface area contributed by atoms with Crippen LogP contribution in [0.1, 0.15) is 88.2 Å². The number of nitrogens with one attached hydrogen (secondary N) is 2. The summed E-state index contributed by atoms with van der Waals surface area (Å²) >= 11 is 0. The van der Waals surface area contributed by atoms with Crippen molar-refractivity contribution >= 4 is 23.6 Å². The average molecular weight is 614 g/mol. The molecule has 0 aromatic heterocycles. The third-order valence-corrected chi connectivity index (χ3v) is 7.78. The first-order valence-corrected chi connectivity index (χ1v) is 16.0. The van der Waals surface area contributed by atoms with E-state index in [4.69, 9.17) is 4.74 Å². The lowest BCUT2D eigenvalue weighted by molar-refractivity contribution is -0.143. The highest BCUT2D eigenvalue weighted by atomic mass is 16.6. The summed E-state index contributed by atoms with van der Waals surface area (Å²) in [5, 5.41) is 6.03. The highest BCUT2D eigenvalue weighted by Crippen LogP contribution is 2.31. The van der Waals surface area contributed by atoms with Gasteiger partial charge >= 0.3 is 6.09 Å². The Morgan fingerprint density at radius 1 is 0.822 bits per heavy atom. The van der Waals surface area contributed by atoms with Crippen molar-refractivity contribution in [1.29, 1.82) is 0 Å². The predicted molar refractivity (Wildman–Crippen MR) is 182 cm³/mol. The van der Waals surface area contributed by atoms with Crippen molar-refractivity contribution in [1.82, 2.24) is 10.2 Å². The van der Waals surface area contributed by atoms with Crippen LogP contribution in [-0.2, 0) is 20.7 Å². The lowest BCUT2D eigenvalue weighted by Crippen LogP contribution is -2.55. The molecule has 3 atom stereocenters. The Kier molecular flexibility index (Phi) is 12.4. The van der Waals surface area contributed by atoms with Crippen molar-refractivity contribution < 1.29 is 19.1 Å². The highest BCUT2D eigenvalue weighted by molar-refractivity contribution is 6.00. The van der Waals surface area contributed by atoms with E-state index in [1.807, 2.05) is 100 Å². The molecule has 3 unspecified atom stereocenters. The Morgan fingerprint density at radius 3 is 2.02 bits per heavy atom. The number of aryl methyl sites for hydroxylation is 3. The standard InChI is InChI=1S/C38H51N3O4/c1-25(2)21-22-29(6)41(36(43)32(24-30-18-11-10-12-19-30)39-37(44)45-38(7,8)9)34(31-20-13-15-26(3)23-31)35(42)40-33-27(4)16-14-17-28(33)5/h10-20,23,25,29,32,34H,21-22,24H2,1-9H3,(H,39,44)(H,40,42). The number of amides is 3. The number of carbonyl (C=O) groups is 3.